The van der Waals surface area contributed by atoms with Gasteiger partial charge in [-0.1, -0.05) is 0 Å². The monoisotopic (exact) mass is 336 g/mol. The van der Waals surface area contributed by atoms with Gasteiger partial charge in [-0.2, -0.15) is 0 Å². The maximum absolute atomic E-state index is 12.3. The molecule has 6 heteroatoms. The number of aromatic nitrogens is 3. The van der Waals surface area contributed by atoms with E-state index in [9.17, 15) is 4.79 Å². The fraction of sp³-hybridized carbons (Fsp3) is 0.211. The average molecular weight is 336 g/mol. The van der Waals surface area contributed by atoms with Crippen LogP contribution in [0.5, 0.6) is 5.75 Å². The van der Waals surface area contributed by atoms with E-state index in [1.807, 2.05) is 36.9 Å². The van der Waals surface area contributed by atoms with Crippen LogP contribution in [-0.4, -0.2) is 20.4 Å². The predicted octanol–water partition coefficient (Wildman–Crippen LogP) is 2.89. The van der Waals surface area contributed by atoms with Crippen LogP contribution >= 0.6 is 0 Å². The summed E-state index contributed by atoms with van der Waals surface area (Å²) in [5.74, 6) is 1.41. The quantitative estimate of drug-likeness (QED) is 0.751. The van der Waals surface area contributed by atoms with Crippen LogP contribution in [0.15, 0.2) is 61.2 Å². The Morgan fingerprint density at radius 1 is 1.16 bits per heavy atom. The van der Waals surface area contributed by atoms with Crippen LogP contribution < -0.4 is 10.1 Å². The molecular formula is C19H20N4O2. The number of ether oxygens (including phenoxy) is 1. The normalized spacial score (nSPS) is 11.8. The first-order valence-corrected chi connectivity index (χ1v) is 8.03. The first-order chi connectivity index (χ1) is 12.1. The number of benzene rings is 1. The van der Waals surface area contributed by atoms with Crippen LogP contribution in [0.3, 0.4) is 0 Å². The molecule has 2 aromatic heterocycles. The van der Waals surface area contributed by atoms with Gasteiger partial charge in [-0.05, 0) is 48.9 Å². The third-order valence-corrected chi connectivity index (χ3v) is 3.96. The highest BCUT2D eigenvalue weighted by Crippen LogP contribution is 2.16. The van der Waals surface area contributed by atoms with Crippen molar-refractivity contribution in [3.63, 3.8) is 0 Å². The summed E-state index contributed by atoms with van der Waals surface area (Å²) >= 11 is 0. The summed E-state index contributed by atoms with van der Waals surface area (Å²) in [5.41, 5.74) is 1.60. The van der Waals surface area contributed by atoms with Gasteiger partial charge in [-0.25, -0.2) is 4.98 Å². The first kappa shape index (κ1) is 16.7. The summed E-state index contributed by atoms with van der Waals surface area (Å²) in [7, 11) is 1.92. The molecule has 6 nitrogen and oxygen atoms in total. The third kappa shape index (κ3) is 4.23. The second kappa shape index (κ2) is 7.61. The number of imidazole rings is 1. The second-order valence-electron chi connectivity index (χ2n) is 5.74. The first-order valence-electron chi connectivity index (χ1n) is 8.03. The Balaban J connectivity index is 1.58. The summed E-state index contributed by atoms with van der Waals surface area (Å²) in [6.07, 6.45) is 7.03. The van der Waals surface area contributed by atoms with Gasteiger partial charge in [0.2, 0.25) is 0 Å². The molecule has 1 amide bonds. The molecule has 2 heterocycles. The molecule has 1 atom stereocenters. The predicted molar refractivity (Wildman–Crippen MR) is 94.1 cm³/mol. The van der Waals surface area contributed by atoms with E-state index >= 15 is 0 Å². The lowest BCUT2D eigenvalue weighted by atomic mass is 10.1. The van der Waals surface area contributed by atoms with Gasteiger partial charge in [0, 0.05) is 37.4 Å². The minimum absolute atomic E-state index is 0.0881. The van der Waals surface area contributed by atoms with Crippen molar-refractivity contribution >= 4 is 5.91 Å². The van der Waals surface area contributed by atoms with Crippen LogP contribution in [-0.2, 0) is 13.7 Å². The fourth-order valence-electron chi connectivity index (χ4n) is 2.40. The minimum Gasteiger partial charge on any atom is -0.486 e. The number of carbonyl (C=O) groups excluding carboxylic acids is 1. The highest BCUT2D eigenvalue weighted by Gasteiger charge is 2.11. The molecule has 0 saturated carbocycles. The number of nitrogens with zero attached hydrogens (tertiary/aromatic N) is 3. The van der Waals surface area contributed by atoms with E-state index in [0.717, 1.165) is 11.4 Å². The SMILES string of the molecule is C[C@@H](NC(=O)c1ccc(OCc2nccn2C)cc1)c1ccncc1. The maximum Gasteiger partial charge on any atom is 0.251 e. The Bertz CT molecular complexity index is 828. The van der Waals surface area contributed by atoms with Crippen molar-refractivity contribution in [3.05, 3.63) is 78.1 Å². The summed E-state index contributed by atoms with van der Waals surface area (Å²) in [4.78, 5) is 20.5. The van der Waals surface area contributed by atoms with E-state index in [1.54, 1.807) is 42.9 Å². The van der Waals surface area contributed by atoms with E-state index in [-0.39, 0.29) is 11.9 Å². The summed E-state index contributed by atoms with van der Waals surface area (Å²) in [6.45, 7) is 2.33. The van der Waals surface area contributed by atoms with Crippen LogP contribution in [0.1, 0.15) is 34.7 Å². The molecule has 1 N–H and O–H groups in total. The van der Waals surface area contributed by atoms with E-state index in [1.165, 1.54) is 0 Å². The van der Waals surface area contributed by atoms with Gasteiger partial charge in [0.25, 0.3) is 5.91 Å². The van der Waals surface area contributed by atoms with Gasteiger partial charge in [0.1, 0.15) is 18.2 Å². The van der Waals surface area contributed by atoms with Crippen molar-refractivity contribution in [1.82, 2.24) is 19.9 Å². The molecule has 0 aliphatic rings. The Labute approximate surface area is 146 Å². The molecule has 0 aliphatic heterocycles. The molecule has 0 saturated heterocycles. The maximum atomic E-state index is 12.3. The smallest absolute Gasteiger partial charge is 0.251 e. The number of carbonyl (C=O) groups is 1. The molecule has 0 aliphatic carbocycles. The van der Waals surface area contributed by atoms with Gasteiger partial charge in [0.15, 0.2) is 0 Å². The van der Waals surface area contributed by atoms with Crippen LogP contribution in [0.25, 0.3) is 0 Å². The number of nitrogens with one attached hydrogen (secondary N) is 1. The highest BCUT2D eigenvalue weighted by molar-refractivity contribution is 5.94. The number of hydrogen-bond donors (Lipinski definition) is 1. The molecule has 128 valence electrons. The zero-order valence-electron chi connectivity index (χ0n) is 14.2. The summed E-state index contributed by atoms with van der Waals surface area (Å²) in [5, 5.41) is 2.97. The van der Waals surface area contributed by atoms with Gasteiger partial charge >= 0.3 is 0 Å². The van der Waals surface area contributed by atoms with Crippen molar-refractivity contribution < 1.29 is 9.53 Å². The molecule has 25 heavy (non-hydrogen) atoms. The van der Waals surface area contributed by atoms with Gasteiger partial charge < -0.3 is 14.6 Å². The molecule has 1 aromatic carbocycles. The van der Waals surface area contributed by atoms with Crippen molar-refractivity contribution in [2.24, 2.45) is 7.05 Å². The Hall–Kier alpha value is -3.15. The third-order valence-electron chi connectivity index (χ3n) is 3.96. The number of aryl methyl sites for hydroxylation is 1. The Morgan fingerprint density at radius 3 is 2.52 bits per heavy atom. The van der Waals surface area contributed by atoms with Crippen molar-refractivity contribution in [2.75, 3.05) is 0 Å². The van der Waals surface area contributed by atoms with Crippen molar-refractivity contribution in [1.29, 1.82) is 0 Å². The highest BCUT2D eigenvalue weighted by atomic mass is 16.5. The van der Waals surface area contributed by atoms with E-state index in [2.05, 4.69) is 15.3 Å². The van der Waals surface area contributed by atoms with Gasteiger partial charge in [0.05, 0.1) is 6.04 Å². The molecule has 0 radical (unpaired) electrons. The molecule has 0 unspecified atom stereocenters. The van der Waals surface area contributed by atoms with Gasteiger partial charge in [-0.15, -0.1) is 0 Å². The number of rotatable bonds is 6. The number of hydrogen-bond acceptors (Lipinski definition) is 4. The summed E-state index contributed by atoms with van der Waals surface area (Å²) in [6, 6.07) is 10.8. The Morgan fingerprint density at radius 2 is 1.88 bits per heavy atom. The Kier molecular flexibility index (Phi) is 5.09. The molecule has 0 fully saturated rings. The summed E-state index contributed by atoms with van der Waals surface area (Å²) < 4.78 is 7.60. The lowest BCUT2D eigenvalue weighted by Crippen LogP contribution is -2.26. The van der Waals surface area contributed by atoms with E-state index in [0.29, 0.717) is 17.9 Å². The van der Waals surface area contributed by atoms with E-state index in [4.69, 9.17) is 4.74 Å². The largest absolute Gasteiger partial charge is 0.486 e. The molecular weight excluding hydrogens is 316 g/mol. The number of amides is 1. The fourth-order valence-corrected chi connectivity index (χ4v) is 2.40. The standard InChI is InChI=1S/C19H20N4O2/c1-14(15-7-9-20-10-8-15)22-19(24)16-3-5-17(6-4-16)25-13-18-21-11-12-23(18)2/h3-12,14H,13H2,1-2H3,(H,22,24)/t14-/m1/s1. The molecule has 0 spiro atoms. The average Bonchev–Trinajstić information content (AvgIpc) is 3.06. The lowest BCUT2D eigenvalue weighted by Gasteiger charge is -2.14. The van der Waals surface area contributed by atoms with Crippen LogP contribution in [0.2, 0.25) is 0 Å². The minimum atomic E-state index is -0.125. The van der Waals surface area contributed by atoms with Gasteiger partial charge in [-0.3, -0.25) is 9.78 Å². The number of pyridine rings is 1. The molecule has 0 bridgehead atoms. The van der Waals surface area contributed by atoms with Crippen molar-refractivity contribution in [3.8, 4) is 5.75 Å². The molecule has 3 aromatic rings. The zero-order valence-corrected chi connectivity index (χ0v) is 14.2. The van der Waals surface area contributed by atoms with E-state index < -0.39 is 0 Å². The topological polar surface area (TPSA) is 69.0 Å². The lowest BCUT2D eigenvalue weighted by molar-refractivity contribution is 0.0940. The van der Waals surface area contributed by atoms with Crippen LogP contribution in [0, 0.1) is 0 Å². The zero-order chi connectivity index (χ0) is 17.6. The van der Waals surface area contributed by atoms with Crippen molar-refractivity contribution in [2.45, 2.75) is 19.6 Å². The second-order valence-corrected chi connectivity index (χ2v) is 5.74. The molecule has 3 rings (SSSR count). The van der Waals surface area contributed by atoms with Crippen LogP contribution in [0.4, 0.5) is 0 Å².